The van der Waals surface area contributed by atoms with Crippen LogP contribution >= 0.6 is 11.8 Å². The Morgan fingerprint density at radius 1 is 1.17 bits per heavy atom. The van der Waals surface area contributed by atoms with Crippen molar-refractivity contribution in [2.45, 2.75) is 43.9 Å². The van der Waals surface area contributed by atoms with Crippen molar-refractivity contribution < 1.29 is 14.4 Å². The third-order valence-electron chi connectivity index (χ3n) is 5.58. The lowest BCUT2D eigenvalue weighted by Crippen LogP contribution is -2.74. The second kappa shape index (κ2) is 10.3. The molecular weight excluding hydrogens is 402 g/mol. The molecule has 9 heteroatoms. The summed E-state index contributed by atoms with van der Waals surface area (Å²) in [6.07, 6.45) is 2.22. The zero-order chi connectivity index (χ0) is 21.7. The normalized spacial score (nSPS) is 26.5. The Bertz CT molecular complexity index is 762. The standard InChI is InChI=1S/C21H31N5O3S/c1-4-8-15-23-18-17(20(28)26(3)21(29)25(18)2)19(24-15)30-13-16(27)22-12-11-14-9-6-5-7-10-14/h5-7,9-10,15,17-19,23-24H,4,8,11-13H2,1-3H3,(H,22,27). The first-order valence-corrected chi connectivity index (χ1v) is 11.5. The van der Waals surface area contributed by atoms with Gasteiger partial charge in [-0.3, -0.25) is 25.1 Å². The summed E-state index contributed by atoms with van der Waals surface area (Å²) in [5.41, 5.74) is 1.18. The summed E-state index contributed by atoms with van der Waals surface area (Å²) < 4.78 is 0. The zero-order valence-corrected chi connectivity index (χ0v) is 18.6. The number of hydrogen-bond donors (Lipinski definition) is 3. The van der Waals surface area contributed by atoms with Gasteiger partial charge in [0.25, 0.3) is 0 Å². The van der Waals surface area contributed by atoms with Gasteiger partial charge in [0.1, 0.15) is 0 Å². The van der Waals surface area contributed by atoms with Gasteiger partial charge >= 0.3 is 6.03 Å². The molecule has 4 amide bonds. The molecule has 0 spiro atoms. The number of nitrogens with zero attached hydrogens (tertiary/aromatic N) is 2. The highest BCUT2D eigenvalue weighted by Crippen LogP contribution is 2.31. The molecule has 4 unspecified atom stereocenters. The molecule has 30 heavy (non-hydrogen) atoms. The maximum Gasteiger partial charge on any atom is 0.327 e. The van der Waals surface area contributed by atoms with Crippen LogP contribution in [0.3, 0.4) is 0 Å². The highest BCUT2D eigenvalue weighted by atomic mass is 32.2. The third-order valence-corrected chi connectivity index (χ3v) is 6.79. The molecule has 164 valence electrons. The molecule has 0 radical (unpaired) electrons. The van der Waals surface area contributed by atoms with E-state index in [4.69, 9.17) is 0 Å². The Morgan fingerprint density at radius 3 is 2.60 bits per heavy atom. The number of hydrogen-bond acceptors (Lipinski definition) is 6. The summed E-state index contributed by atoms with van der Waals surface area (Å²) in [5.74, 6) is -0.475. The lowest BCUT2D eigenvalue weighted by molar-refractivity contribution is -0.140. The summed E-state index contributed by atoms with van der Waals surface area (Å²) in [6, 6.07) is 9.71. The van der Waals surface area contributed by atoms with Gasteiger partial charge in [-0.15, -0.1) is 11.8 Å². The van der Waals surface area contributed by atoms with E-state index in [0.29, 0.717) is 6.54 Å². The molecule has 4 atom stereocenters. The van der Waals surface area contributed by atoms with Gasteiger partial charge in [0.2, 0.25) is 11.8 Å². The van der Waals surface area contributed by atoms with Crippen LogP contribution in [0.2, 0.25) is 0 Å². The quantitative estimate of drug-likeness (QED) is 0.570. The largest absolute Gasteiger partial charge is 0.355 e. The molecular formula is C21H31N5O3S. The van der Waals surface area contributed by atoms with Crippen molar-refractivity contribution in [3.63, 3.8) is 0 Å². The second-order valence-corrected chi connectivity index (χ2v) is 8.88. The van der Waals surface area contributed by atoms with Crippen molar-refractivity contribution in [1.29, 1.82) is 0 Å². The predicted octanol–water partition coefficient (Wildman–Crippen LogP) is 1.19. The van der Waals surface area contributed by atoms with Gasteiger partial charge in [0.15, 0.2) is 0 Å². The lowest BCUT2D eigenvalue weighted by Gasteiger charge is -2.50. The van der Waals surface area contributed by atoms with Crippen LogP contribution in [0.4, 0.5) is 4.79 Å². The molecule has 2 aliphatic heterocycles. The van der Waals surface area contributed by atoms with E-state index in [1.54, 1.807) is 11.9 Å². The molecule has 0 aromatic heterocycles. The van der Waals surface area contributed by atoms with Gasteiger partial charge in [-0.05, 0) is 18.4 Å². The van der Waals surface area contributed by atoms with Crippen molar-refractivity contribution in [3.8, 4) is 0 Å². The molecule has 8 nitrogen and oxygen atoms in total. The molecule has 3 N–H and O–H groups in total. The smallest absolute Gasteiger partial charge is 0.327 e. The van der Waals surface area contributed by atoms with Crippen molar-refractivity contribution >= 4 is 29.6 Å². The van der Waals surface area contributed by atoms with Crippen LogP contribution < -0.4 is 16.0 Å². The molecule has 3 rings (SSSR count). The first-order valence-electron chi connectivity index (χ1n) is 10.4. The number of amides is 4. The highest BCUT2D eigenvalue weighted by molar-refractivity contribution is 8.00. The average Bonchev–Trinajstić information content (AvgIpc) is 2.75. The van der Waals surface area contributed by atoms with Gasteiger partial charge < -0.3 is 10.2 Å². The SMILES string of the molecule is CCCC1NC(SCC(=O)NCCc2ccccc2)C2C(=O)N(C)C(=O)N(C)C2N1. The summed E-state index contributed by atoms with van der Waals surface area (Å²) in [6.45, 7) is 2.67. The van der Waals surface area contributed by atoms with Crippen LogP contribution in [0, 0.1) is 5.92 Å². The van der Waals surface area contributed by atoms with E-state index < -0.39 is 5.92 Å². The number of carbonyl (C=O) groups excluding carboxylic acids is 3. The first-order chi connectivity index (χ1) is 14.4. The third kappa shape index (κ3) is 5.14. The number of benzene rings is 1. The Morgan fingerprint density at radius 2 is 1.90 bits per heavy atom. The van der Waals surface area contributed by atoms with Gasteiger partial charge in [-0.25, -0.2) is 4.79 Å². The zero-order valence-electron chi connectivity index (χ0n) is 17.8. The number of imide groups is 1. The molecule has 2 heterocycles. The fraction of sp³-hybridized carbons (Fsp3) is 0.571. The summed E-state index contributed by atoms with van der Waals surface area (Å²) in [7, 11) is 3.22. The number of urea groups is 1. The van der Waals surface area contributed by atoms with Gasteiger partial charge in [0.05, 0.1) is 29.4 Å². The Kier molecular flexibility index (Phi) is 7.74. The van der Waals surface area contributed by atoms with E-state index in [9.17, 15) is 14.4 Å². The van der Waals surface area contributed by atoms with Crippen molar-refractivity contribution in [2.24, 2.45) is 5.92 Å². The summed E-state index contributed by atoms with van der Waals surface area (Å²) in [4.78, 5) is 40.3. The van der Waals surface area contributed by atoms with Crippen LogP contribution in [0.25, 0.3) is 0 Å². The highest BCUT2D eigenvalue weighted by Gasteiger charge is 2.50. The molecule has 0 saturated carbocycles. The van der Waals surface area contributed by atoms with E-state index in [1.165, 1.54) is 24.4 Å². The van der Waals surface area contributed by atoms with Crippen molar-refractivity contribution in [2.75, 3.05) is 26.4 Å². The topological polar surface area (TPSA) is 93.8 Å². The van der Waals surface area contributed by atoms with Crippen LogP contribution in [-0.4, -0.2) is 71.7 Å². The first kappa shape index (κ1) is 22.6. The van der Waals surface area contributed by atoms with Gasteiger partial charge in [-0.2, -0.15) is 0 Å². The van der Waals surface area contributed by atoms with E-state index in [0.717, 1.165) is 24.2 Å². The van der Waals surface area contributed by atoms with Crippen LogP contribution in [0.1, 0.15) is 25.3 Å². The molecule has 1 aromatic rings. The average molecular weight is 434 g/mol. The Balaban J connectivity index is 1.58. The summed E-state index contributed by atoms with van der Waals surface area (Å²) in [5, 5.41) is 9.55. The molecule has 2 saturated heterocycles. The van der Waals surface area contributed by atoms with E-state index in [1.807, 2.05) is 30.3 Å². The minimum absolute atomic E-state index is 0.0126. The maximum absolute atomic E-state index is 12.8. The summed E-state index contributed by atoms with van der Waals surface area (Å²) >= 11 is 1.43. The maximum atomic E-state index is 12.8. The fourth-order valence-corrected chi connectivity index (χ4v) is 5.10. The van der Waals surface area contributed by atoms with Gasteiger partial charge in [0, 0.05) is 20.6 Å². The Hall–Kier alpha value is -2.10. The number of rotatable bonds is 8. The van der Waals surface area contributed by atoms with E-state index in [2.05, 4.69) is 22.9 Å². The van der Waals surface area contributed by atoms with Crippen LogP contribution in [0.5, 0.6) is 0 Å². The molecule has 2 aliphatic rings. The van der Waals surface area contributed by atoms with E-state index >= 15 is 0 Å². The monoisotopic (exact) mass is 433 g/mol. The number of fused-ring (bicyclic) bond motifs is 1. The minimum atomic E-state index is -0.451. The van der Waals surface area contributed by atoms with Crippen LogP contribution in [0.15, 0.2) is 30.3 Å². The molecule has 0 bridgehead atoms. The Labute approximate surface area is 182 Å². The van der Waals surface area contributed by atoms with Crippen LogP contribution in [-0.2, 0) is 16.0 Å². The number of carbonyl (C=O) groups is 3. The second-order valence-electron chi connectivity index (χ2n) is 7.75. The fourth-order valence-electron chi connectivity index (χ4n) is 3.93. The lowest BCUT2D eigenvalue weighted by atomic mass is 9.96. The minimum Gasteiger partial charge on any atom is -0.355 e. The molecule has 0 aliphatic carbocycles. The van der Waals surface area contributed by atoms with Gasteiger partial charge in [-0.1, -0.05) is 43.7 Å². The number of thioether (sulfide) groups is 1. The van der Waals surface area contributed by atoms with E-state index in [-0.39, 0.29) is 41.3 Å². The number of nitrogens with one attached hydrogen (secondary N) is 3. The predicted molar refractivity (Wildman–Crippen MR) is 118 cm³/mol. The molecule has 1 aromatic carbocycles. The van der Waals surface area contributed by atoms with Crippen molar-refractivity contribution in [1.82, 2.24) is 25.8 Å². The van der Waals surface area contributed by atoms with Crippen molar-refractivity contribution in [3.05, 3.63) is 35.9 Å². The molecule has 2 fully saturated rings.